The van der Waals surface area contributed by atoms with Crippen molar-refractivity contribution in [1.29, 1.82) is 0 Å². The van der Waals surface area contributed by atoms with Crippen LogP contribution in [0.15, 0.2) is 53.7 Å². The minimum Gasteiger partial charge on any atom is -0.384 e. The van der Waals surface area contributed by atoms with Gasteiger partial charge in [-0.25, -0.2) is 19.7 Å². The van der Waals surface area contributed by atoms with E-state index in [1.54, 1.807) is 18.3 Å². The van der Waals surface area contributed by atoms with Crippen LogP contribution >= 0.6 is 0 Å². The topological polar surface area (TPSA) is 134 Å². The van der Waals surface area contributed by atoms with Gasteiger partial charge in [0.25, 0.3) is 15.9 Å². The summed E-state index contributed by atoms with van der Waals surface area (Å²) in [5.74, 6) is 1.39. The summed E-state index contributed by atoms with van der Waals surface area (Å²) in [5.41, 5.74) is 6.96. The van der Waals surface area contributed by atoms with Gasteiger partial charge in [-0.3, -0.25) is 4.79 Å². The maximum Gasteiger partial charge on any atom is 0.281 e. The number of carbonyl (C=O) groups is 1. The van der Waals surface area contributed by atoms with Crippen molar-refractivity contribution >= 4 is 33.4 Å². The number of pyridine rings is 3. The summed E-state index contributed by atoms with van der Waals surface area (Å²) in [6, 6.07) is 11.5. The van der Waals surface area contributed by atoms with Gasteiger partial charge in [0, 0.05) is 37.4 Å². The number of hydrogen-bond donors (Lipinski definition) is 2. The number of carbonyl (C=O) groups excluding carboxylic acids is 1. The first-order valence-corrected chi connectivity index (χ1v) is 14.5. The van der Waals surface area contributed by atoms with Gasteiger partial charge >= 0.3 is 0 Å². The van der Waals surface area contributed by atoms with Crippen molar-refractivity contribution in [2.45, 2.75) is 51.6 Å². The largest absolute Gasteiger partial charge is 0.384 e. The molecule has 0 aromatic carbocycles. The van der Waals surface area contributed by atoms with Gasteiger partial charge in [-0.15, -0.1) is 0 Å². The molecule has 0 bridgehead atoms. The minimum absolute atomic E-state index is 0.0415. The van der Waals surface area contributed by atoms with Crippen molar-refractivity contribution in [1.82, 2.24) is 19.7 Å². The Morgan fingerprint density at radius 2 is 1.92 bits per heavy atom. The monoisotopic (exact) mass is 551 g/mol. The molecule has 3 N–H and O–H groups in total. The maximum atomic E-state index is 13.4. The predicted octanol–water partition coefficient (Wildman–Crippen LogP) is 3.96. The summed E-state index contributed by atoms with van der Waals surface area (Å²) in [4.78, 5) is 31.0. The van der Waals surface area contributed by atoms with E-state index in [0.717, 1.165) is 24.3 Å². The van der Waals surface area contributed by atoms with Crippen molar-refractivity contribution < 1.29 is 13.2 Å². The van der Waals surface area contributed by atoms with Crippen LogP contribution < -0.4 is 20.3 Å². The van der Waals surface area contributed by atoms with E-state index in [4.69, 9.17) is 10.7 Å². The third kappa shape index (κ3) is 5.98. The molecule has 0 spiro atoms. The smallest absolute Gasteiger partial charge is 0.281 e. The van der Waals surface area contributed by atoms with E-state index in [9.17, 15) is 13.2 Å². The summed E-state index contributed by atoms with van der Waals surface area (Å²) >= 11 is 0. The number of nitrogens with two attached hydrogens (primary N) is 1. The van der Waals surface area contributed by atoms with Crippen LogP contribution in [0.1, 0.15) is 51.4 Å². The lowest BCUT2D eigenvalue weighted by Gasteiger charge is -2.36. The zero-order chi connectivity index (χ0) is 28.5. The Hall–Kier alpha value is -3.73. The first-order chi connectivity index (χ1) is 18.3. The first-order valence-electron chi connectivity index (χ1n) is 13.1. The van der Waals surface area contributed by atoms with Gasteiger partial charge in [-0.2, -0.15) is 8.42 Å². The lowest BCUT2D eigenvalue weighted by molar-refractivity contribution is 0.0981. The summed E-state index contributed by atoms with van der Waals surface area (Å²) in [5, 5.41) is -0.328. The Bertz CT molecular complexity index is 1460. The second-order valence-electron chi connectivity index (χ2n) is 11.1. The normalized spacial score (nSPS) is 16.9. The Morgan fingerprint density at radius 1 is 1.18 bits per heavy atom. The van der Waals surface area contributed by atoms with Crippen molar-refractivity contribution in [3.63, 3.8) is 0 Å². The van der Waals surface area contributed by atoms with Crippen molar-refractivity contribution in [3.8, 4) is 11.3 Å². The predicted molar refractivity (Wildman–Crippen MR) is 154 cm³/mol. The number of nitrogens with zero attached hydrogens (tertiary/aromatic N) is 5. The molecule has 4 heterocycles. The molecular weight excluding hydrogens is 514 g/mol. The fourth-order valence-electron chi connectivity index (χ4n) is 4.82. The molecule has 1 atom stereocenters. The average molecular weight is 552 g/mol. The Morgan fingerprint density at radius 3 is 2.51 bits per heavy atom. The van der Waals surface area contributed by atoms with E-state index in [1.807, 2.05) is 19.2 Å². The molecule has 1 aliphatic rings. The molecule has 0 saturated carbocycles. The lowest BCUT2D eigenvalue weighted by Crippen LogP contribution is -2.43. The highest BCUT2D eigenvalue weighted by molar-refractivity contribution is 7.90. The second kappa shape index (κ2) is 10.8. The van der Waals surface area contributed by atoms with Crippen LogP contribution in [0.3, 0.4) is 0 Å². The van der Waals surface area contributed by atoms with Crippen LogP contribution in [0.5, 0.6) is 0 Å². The third-order valence-electron chi connectivity index (χ3n) is 7.38. The molecule has 10 nitrogen and oxygen atoms in total. The zero-order valence-corrected chi connectivity index (χ0v) is 24.2. The molecule has 1 fully saturated rings. The van der Waals surface area contributed by atoms with Crippen molar-refractivity contribution in [2.75, 3.05) is 35.7 Å². The van der Waals surface area contributed by atoms with E-state index in [0.29, 0.717) is 29.9 Å². The number of nitrogen functional groups attached to an aromatic ring is 1. The molecular formula is C28H37N7O3S. The number of anilines is 3. The van der Waals surface area contributed by atoms with Crippen LogP contribution in [0.4, 0.5) is 17.5 Å². The fraction of sp³-hybridized carbons (Fsp3) is 0.429. The van der Waals surface area contributed by atoms with E-state index in [2.05, 4.69) is 59.1 Å². The quantitative estimate of drug-likeness (QED) is 0.427. The molecule has 39 heavy (non-hydrogen) atoms. The first kappa shape index (κ1) is 28.3. The Labute approximate surface area is 230 Å². The average Bonchev–Trinajstić information content (AvgIpc) is 3.14. The number of aromatic nitrogens is 3. The number of rotatable bonds is 8. The summed E-state index contributed by atoms with van der Waals surface area (Å²) in [7, 11) is -2.24. The molecule has 11 heteroatoms. The summed E-state index contributed by atoms with van der Waals surface area (Å²) in [6.07, 6.45) is 2.69. The Balaban J connectivity index is 1.71. The molecule has 1 amide bonds. The van der Waals surface area contributed by atoms with E-state index in [1.165, 1.54) is 18.2 Å². The van der Waals surface area contributed by atoms with E-state index in [-0.39, 0.29) is 21.9 Å². The van der Waals surface area contributed by atoms with Crippen LogP contribution in [-0.4, -0.2) is 55.0 Å². The van der Waals surface area contributed by atoms with Crippen LogP contribution in [0.25, 0.3) is 11.3 Å². The zero-order valence-electron chi connectivity index (χ0n) is 23.3. The molecule has 208 valence electrons. The second-order valence-corrected chi connectivity index (χ2v) is 12.7. The number of sulfonamides is 1. The maximum absolute atomic E-state index is 13.4. The van der Waals surface area contributed by atoms with Crippen LogP contribution in [0.2, 0.25) is 0 Å². The van der Waals surface area contributed by atoms with Crippen molar-refractivity contribution in [2.24, 2.45) is 11.8 Å². The molecule has 1 unspecified atom stereocenters. The molecule has 3 aromatic rings. The molecule has 3 aromatic heterocycles. The lowest BCUT2D eigenvalue weighted by atomic mass is 9.90. The van der Waals surface area contributed by atoms with Gasteiger partial charge in [0.1, 0.15) is 17.5 Å². The van der Waals surface area contributed by atoms with Gasteiger partial charge in [0.05, 0.1) is 11.3 Å². The third-order valence-corrected chi connectivity index (χ3v) is 8.62. The van der Waals surface area contributed by atoms with Crippen molar-refractivity contribution in [3.05, 3.63) is 54.2 Å². The molecule has 1 saturated heterocycles. The van der Waals surface area contributed by atoms with Crippen LogP contribution in [0, 0.1) is 11.8 Å². The van der Waals surface area contributed by atoms with Gasteiger partial charge in [0.15, 0.2) is 5.03 Å². The summed E-state index contributed by atoms with van der Waals surface area (Å²) < 4.78 is 28.0. The molecule has 4 rings (SSSR count). The Kier molecular flexibility index (Phi) is 7.83. The highest BCUT2D eigenvalue weighted by Crippen LogP contribution is 2.39. The molecule has 0 aliphatic carbocycles. The SMILES string of the molecule is CC(C)CN(C)c1ccc(-c2ccc(C(=O)NS(=O)(=O)c3cccc(N)n3)c(N3CCC(C)C3(C)C)n2)cn1. The fourth-order valence-corrected chi connectivity index (χ4v) is 5.76. The van der Waals surface area contributed by atoms with Gasteiger partial charge in [-0.05, 0) is 68.5 Å². The van der Waals surface area contributed by atoms with Crippen LogP contribution in [-0.2, 0) is 10.0 Å². The van der Waals surface area contributed by atoms with Gasteiger partial charge in [0.2, 0.25) is 0 Å². The summed E-state index contributed by atoms with van der Waals surface area (Å²) in [6.45, 7) is 12.3. The molecule has 0 radical (unpaired) electrons. The van der Waals surface area contributed by atoms with E-state index < -0.39 is 15.9 Å². The number of nitrogens with one attached hydrogen (secondary N) is 1. The van der Waals surface area contributed by atoms with E-state index >= 15 is 0 Å². The number of hydrogen-bond acceptors (Lipinski definition) is 9. The standard InChI is InChI=1S/C28H37N7O3S/c1-18(2)17-34(6)24-13-10-20(16-30-24)22-12-11-21(26(31-22)35-15-14-19(3)28(35,4)5)27(36)33-39(37,38)25-9-7-8-23(29)32-25/h7-13,16,18-19H,14-15,17H2,1-6H3,(H2,29,32)(H,33,36). The minimum atomic E-state index is -4.25. The molecule has 1 aliphatic heterocycles. The highest BCUT2D eigenvalue weighted by Gasteiger charge is 2.41. The van der Waals surface area contributed by atoms with Gasteiger partial charge < -0.3 is 15.5 Å². The highest BCUT2D eigenvalue weighted by atomic mass is 32.2. The number of amides is 1. The van der Waals surface area contributed by atoms with Gasteiger partial charge in [-0.1, -0.05) is 26.8 Å².